The van der Waals surface area contributed by atoms with Crippen molar-refractivity contribution in [1.82, 2.24) is 14.9 Å². The van der Waals surface area contributed by atoms with Crippen LogP contribution in [0.15, 0.2) is 34.2 Å². The number of hydrogen-bond acceptors (Lipinski definition) is 4. The summed E-state index contributed by atoms with van der Waals surface area (Å²) in [4.78, 5) is 4.99. The van der Waals surface area contributed by atoms with Gasteiger partial charge in [0.15, 0.2) is 5.96 Å². The number of benzene rings is 1. The molecule has 0 unspecified atom stereocenters. The first-order valence-corrected chi connectivity index (χ1v) is 12.6. The van der Waals surface area contributed by atoms with Crippen LogP contribution in [0.5, 0.6) is 0 Å². The summed E-state index contributed by atoms with van der Waals surface area (Å²) in [5, 5.41) is 6.52. The minimum absolute atomic E-state index is 0. The Labute approximate surface area is 205 Å². The topological polar surface area (TPSA) is 83.0 Å². The fraction of sp³-hybridized carbons (Fsp3) is 0.682. The van der Waals surface area contributed by atoms with E-state index < -0.39 is 10.0 Å². The van der Waals surface area contributed by atoms with Crippen molar-refractivity contribution in [2.24, 2.45) is 10.9 Å². The van der Waals surface area contributed by atoms with E-state index in [-0.39, 0.29) is 24.0 Å². The minimum Gasteiger partial charge on any atom is -0.381 e. The van der Waals surface area contributed by atoms with Crippen molar-refractivity contribution >= 4 is 40.0 Å². The Morgan fingerprint density at radius 2 is 1.87 bits per heavy atom. The molecule has 1 aromatic carbocycles. The maximum absolute atomic E-state index is 13.1. The lowest BCUT2D eigenvalue weighted by Crippen LogP contribution is -2.38. The third kappa shape index (κ3) is 9.63. The Bertz CT molecular complexity index is 766. The fourth-order valence-electron chi connectivity index (χ4n) is 3.34. The van der Waals surface area contributed by atoms with Crippen LogP contribution in [0, 0.1) is 5.92 Å². The van der Waals surface area contributed by atoms with Gasteiger partial charge in [0.2, 0.25) is 10.0 Å². The quantitative estimate of drug-likeness (QED) is 0.185. The number of guanidine groups is 1. The lowest BCUT2D eigenvalue weighted by atomic mass is 10.2. The second kappa shape index (κ2) is 15.0. The van der Waals surface area contributed by atoms with Gasteiger partial charge in [-0.15, -0.1) is 24.0 Å². The molecule has 7 nitrogen and oxygen atoms in total. The van der Waals surface area contributed by atoms with Crippen LogP contribution in [-0.2, 0) is 21.3 Å². The van der Waals surface area contributed by atoms with Crippen molar-refractivity contribution < 1.29 is 13.2 Å². The number of nitrogens with zero attached hydrogens (tertiary/aromatic N) is 2. The summed E-state index contributed by atoms with van der Waals surface area (Å²) in [6, 6.07) is 7.20. The summed E-state index contributed by atoms with van der Waals surface area (Å²) in [6.45, 7) is 10.8. The third-order valence-electron chi connectivity index (χ3n) is 4.87. The van der Waals surface area contributed by atoms with Gasteiger partial charge in [-0.25, -0.2) is 13.4 Å². The first-order chi connectivity index (χ1) is 14.4. The number of piperidine rings is 1. The zero-order valence-electron chi connectivity index (χ0n) is 19.1. The van der Waals surface area contributed by atoms with Crippen LogP contribution >= 0.6 is 24.0 Å². The molecule has 1 aliphatic rings. The van der Waals surface area contributed by atoms with E-state index in [0.717, 1.165) is 50.9 Å². The SMILES string of the molecule is CCNC(=NCc1ccccc1S(=O)(=O)N1CCCCC1)NCCCOCC(C)C.I. The molecule has 1 aliphatic heterocycles. The molecule has 0 aliphatic carbocycles. The van der Waals surface area contributed by atoms with Gasteiger partial charge < -0.3 is 15.4 Å². The van der Waals surface area contributed by atoms with E-state index in [4.69, 9.17) is 4.74 Å². The molecule has 1 saturated heterocycles. The van der Waals surface area contributed by atoms with Gasteiger partial charge in [0.25, 0.3) is 0 Å². The van der Waals surface area contributed by atoms with Gasteiger partial charge in [-0.2, -0.15) is 4.31 Å². The number of aliphatic imine (C=N–C) groups is 1. The minimum atomic E-state index is -3.48. The van der Waals surface area contributed by atoms with Gasteiger partial charge >= 0.3 is 0 Å². The Kier molecular flexibility index (Phi) is 13.6. The molecule has 0 radical (unpaired) electrons. The van der Waals surface area contributed by atoms with E-state index in [9.17, 15) is 8.42 Å². The lowest BCUT2D eigenvalue weighted by molar-refractivity contribution is 0.108. The molecule has 0 atom stereocenters. The van der Waals surface area contributed by atoms with Crippen LogP contribution in [0.4, 0.5) is 0 Å². The summed E-state index contributed by atoms with van der Waals surface area (Å²) in [5.41, 5.74) is 0.723. The van der Waals surface area contributed by atoms with E-state index in [1.807, 2.05) is 19.1 Å². The van der Waals surface area contributed by atoms with Crippen LogP contribution in [0.3, 0.4) is 0 Å². The van der Waals surface area contributed by atoms with Crippen LogP contribution in [0.1, 0.15) is 52.0 Å². The van der Waals surface area contributed by atoms with Crippen LogP contribution < -0.4 is 10.6 Å². The smallest absolute Gasteiger partial charge is 0.243 e. The number of sulfonamides is 1. The van der Waals surface area contributed by atoms with E-state index >= 15 is 0 Å². The van der Waals surface area contributed by atoms with Gasteiger partial charge in [0, 0.05) is 39.4 Å². The summed E-state index contributed by atoms with van der Waals surface area (Å²) >= 11 is 0. The number of nitrogens with one attached hydrogen (secondary N) is 2. The molecule has 2 N–H and O–H groups in total. The standard InChI is InChI=1S/C22H38N4O3S.HI/c1-4-23-22(24-13-10-16-29-18-19(2)3)25-17-20-11-6-7-12-21(20)30(27,28)26-14-8-5-9-15-26;/h6-7,11-12,19H,4-5,8-10,13-18H2,1-3H3,(H2,23,24,25);1H. The molecule has 0 saturated carbocycles. The highest BCUT2D eigenvalue weighted by Gasteiger charge is 2.27. The van der Waals surface area contributed by atoms with Gasteiger partial charge in [0.05, 0.1) is 11.4 Å². The molecule has 31 heavy (non-hydrogen) atoms. The maximum Gasteiger partial charge on any atom is 0.243 e. The summed E-state index contributed by atoms with van der Waals surface area (Å²) < 4.78 is 33.5. The average molecular weight is 567 g/mol. The molecule has 0 bridgehead atoms. The van der Waals surface area contributed by atoms with Crippen molar-refractivity contribution in [3.05, 3.63) is 29.8 Å². The highest BCUT2D eigenvalue weighted by Crippen LogP contribution is 2.24. The zero-order chi connectivity index (χ0) is 21.8. The van der Waals surface area contributed by atoms with Crippen molar-refractivity contribution in [1.29, 1.82) is 0 Å². The number of halogens is 1. The highest BCUT2D eigenvalue weighted by atomic mass is 127. The molecule has 178 valence electrons. The van der Waals surface area contributed by atoms with Gasteiger partial charge in [-0.3, -0.25) is 0 Å². The largest absolute Gasteiger partial charge is 0.381 e. The zero-order valence-corrected chi connectivity index (χ0v) is 22.2. The molecule has 9 heteroatoms. The van der Waals surface area contributed by atoms with E-state index in [1.54, 1.807) is 16.4 Å². The van der Waals surface area contributed by atoms with Gasteiger partial charge in [-0.1, -0.05) is 38.5 Å². The van der Waals surface area contributed by atoms with E-state index in [2.05, 4.69) is 29.5 Å². The van der Waals surface area contributed by atoms with Crippen molar-refractivity contribution in [2.45, 2.75) is 57.9 Å². The van der Waals surface area contributed by atoms with Crippen molar-refractivity contribution in [3.8, 4) is 0 Å². The number of ether oxygens (including phenoxy) is 1. The van der Waals surface area contributed by atoms with Crippen LogP contribution in [0.2, 0.25) is 0 Å². The van der Waals surface area contributed by atoms with Crippen LogP contribution in [-0.4, -0.2) is 58.1 Å². The summed E-state index contributed by atoms with van der Waals surface area (Å²) in [7, 11) is -3.48. The monoisotopic (exact) mass is 566 g/mol. The van der Waals surface area contributed by atoms with Crippen LogP contribution in [0.25, 0.3) is 0 Å². The van der Waals surface area contributed by atoms with E-state index in [1.165, 1.54) is 0 Å². The van der Waals surface area contributed by atoms with Crippen molar-refractivity contribution in [2.75, 3.05) is 39.4 Å². The maximum atomic E-state index is 13.1. The Balaban J connectivity index is 0.00000480. The van der Waals surface area contributed by atoms with Gasteiger partial charge in [-0.05, 0) is 43.7 Å². The van der Waals surface area contributed by atoms with E-state index in [0.29, 0.717) is 43.0 Å². The van der Waals surface area contributed by atoms with Gasteiger partial charge in [0.1, 0.15) is 0 Å². The third-order valence-corrected chi connectivity index (χ3v) is 6.87. The first-order valence-electron chi connectivity index (χ1n) is 11.1. The lowest BCUT2D eigenvalue weighted by Gasteiger charge is -2.26. The Hall–Kier alpha value is -0.910. The predicted molar refractivity (Wildman–Crippen MR) is 138 cm³/mol. The molecule has 2 rings (SSSR count). The summed E-state index contributed by atoms with van der Waals surface area (Å²) in [6.07, 6.45) is 3.83. The predicted octanol–water partition coefficient (Wildman–Crippen LogP) is 3.60. The highest BCUT2D eigenvalue weighted by molar-refractivity contribution is 14.0. The number of rotatable bonds is 11. The molecule has 1 heterocycles. The Morgan fingerprint density at radius 3 is 2.55 bits per heavy atom. The molecular formula is C22H39IN4O3S. The van der Waals surface area contributed by atoms with Crippen molar-refractivity contribution in [3.63, 3.8) is 0 Å². The molecular weight excluding hydrogens is 527 g/mol. The second-order valence-electron chi connectivity index (χ2n) is 8.02. The molecule has 1 aromatic rings. The Morgan fingerprint density at radius 1 is 1.16 bits per heavy atom. The average Bonchev–Trinajstić information content (AvgIpc) is 2.75. The normalized spacial score (nSPS) is 15.5. The fourth-order valence-corrected chi connectivity index (χ4v) is 5.07. The molecule has 0 amide bonds. The molecule has 0 aromatic heterocycles. The summed E-state index contributed by atoms with van der Waals surface area (Å²) in [5.74, 6) is 1.23. The second-order valence-corrected chi connectivity index (χ2v) is 9.92. The first kappa shape index (κ1) is 28.1. The number of hydrogen-bond donors (Lipinski definition) is 2. The molecule has 0 spiro atoms. The molecule has 1 fully saturated rings.